The van der Waals surface area contributed by atoms with Crippen molar-refractivity contribution in [2.45, 2.75) is 31.3 Å². The van der Waals surface area contributed by atoms with Crippen molar-refractivity contribution in [3.05, 3.63) is 91.8 Å². The average Bonchev–Trinajstić information content (AvgIpc) is 3.40. The number of aromatic hydroxyl groups is 1. The van der Waals surface area contributed by atoms with Gasteiger partial charge in [-0.2, -0.15) is 0 Å². The van der Waals surface area contributed by atoms with Gasteiger partial charge in [-0.15, -0.1) is 0 Å². The summed E-state index contributed by atoms with van der Waals surface area (Å²) in [6.07, 6.45) is 6.03. The van der Waals surface area contributed by atoms with E-state index >= 15 is 0 Å². The van der Waals surface area contributed by atoms with Gasteiger partial charge in [-0.25, -0.2) is 0 Å². The van der Waals surface area contributed by atoms with E-state index in [9.17, 15) is 39.3 Å². The van der Waals surface area contributed by atoms with E-state index in [0.717, 1.165) is 13.2 Å². The molecule has 0 saturated carbocycles. The predicted octanol–water partition coefficient (Wildman–Crippen LogP) is 1.94. The molecular formula is C30H23NO9. The zero-order chi connectivity index (χ0) is 28.7. The number of fused-ring (bicyclic) bond motifs is 4. The molecule has 1 spiro atoms. The summed E-state index contributed by atoms with van der Waals surface area (Å²) in [5.41, 5.74) is -3.36. The Kier molecular flexibility index (Phi) is 5.46. The largest absolute Gasteiger partial charge is 0.507 e. The number of H-pyrrole nitrogens is 1. The molecule has 1 heterocycles. The number of aromatic nitrogens is 1. The smallest absolute Gasteiger partial charge is 0.260 e. The van der Waals surface area contributed by atoms with Crippen LogP contribution in [-0.4, -0.2) is 56.7 Å². The summed E-state index contributed by atoms with van der Waals surface area (Å²) in [5, 5.41) is 34.0. The van der Waals surface area contributed by atoms with E-state index in [1.54, 1.807) is 30.4 Å². The van der Waals surface area contributed by atoms with E-state index in [2.05, 4.69) is 4.98 Å². The first-order valence-electron chi connectivity index (χ1n) is 12.6. The third-order valence-corrected chi connectivity index (χ3v) is 8.19. The maximum atomic E-state index is 14.1. The van der Waals surface area contributed by atoms with Crippen LogP contribution < -0.4 is 5.56 Å². The van der Waals surface area contributed by atoms with Crippen LogP contribution in [0.2, 0.25) is 0 Å². The van der Waals surface area contributed by atoms with Gasteiger partial charge in [-0.1, -0.05) is 24.3 Å². The minimum atomic E-state index is -2.04. The first kappa shape index (κ1) is 25.4. The summed E-state index contributed by atoms with van der Waals surface area (Å²) in [7, 11) is 1.16. The van der Waals surface area contributed by atoms with Crippen LogP contribution in [0.15, 0.2) is 69.5 Å². The van der Waals surface area contributed by atoms with Crippen LogP contribution >= 0.6 is 0 Å². The predicted molar refractivity (Wildman–Crippen MR) is 141 cm³/mol. The first-order chi connectivity index (χ1) is 19.1. The molecule has 4 aliphatic rings. The molecule has 2 aromatic rings. The van der Waals surface area contributed by atoms with E-state index in [0.29, 0.717) is 16.6 Å². The van der Waals surface area contributed by atoms with Crippen molar-refractivity contribution in [1.82, 2.24) is 4.98 Å². The van der Waals surface area contributed by atoms with Crippen LogP contribution in [0.4, 0.5) is 0 Å². The van der Waals surface area contributed by atoms with Crippen LogP contribution in [-0.2, 0) is 35.8 Å². The number of phenols is 1. The molecule has 1 aromatic carbocycles. The van der Waals surface area contributed by atoms with E-state index in [1.807, 2.05) is 13.0 Å². The molecule has 202 valence electrons. The summed E-state index contributed by atoms with van der Waals surface area (Å²) >= 11 is 0. The molecule has 0 amide bonds. The number of carbonyl (C=O) groups is 4. The van der Waals surface area contributed by atoms with Crippen molar-refractivity contribution < 1.29 is 39.2 Å². The Morgan fingerprint density at radius 2 is 1.80 bits per heavy atom. The lowest BCUT2D eigenvalue weighted by atomic mass is 9.73. The van der Waals surface area contributed by atoms with Crippen LogP contribution in [0.5, 0.6) is 5.75 Å². The Balaban J connectivity index is 1.53. The zero-order valence-electron chi connectivity index (χ0n) is 21.4. The number of aromatic amines is 1. The number of carbonyl (C=O) groups excluding carboxylic acids is 4. The quantitative estimate of drug-likeness (QED) is 0.335. The van der Waals surface area contributed by atoms with Crippen LogP contribution in [0.3, 0.4) is 0 Å². The number of aliphatic hydroxyl groups excluding tert-OH is 2. The highest BCUT2D eigenvalue weighted by Gasteiger charge is 2.64. The average molecular weight is 542 g/mol. The maximum Gasteiger partial charge on any atom is 0.260 e. The topological polar surface area (TPSA) is 171 Å². The fourth-order valence-corrected chi connectivity index (χ4v) is 6.46. The number of Topliss-reactive ketones (excluding diaryl/α,β-unsaturated/α-hetero) is 3. The minimum Gasteiger partial charge on any atom is -0.507 e. The highest BCUT2D eigenvalue weighted by molar-refractivity contribution is 6.36. The second kappa shape index (κ2) is 8.59. The molecule has 10 heteroatoms. The molecule has 1 aromatic heterocycles. The van der Waals surface area contributed by atoms with Gasteiger partial charge in [-0.05, 0) is 42.9 Å². The van der Waals surface area contributed by atoms with Gasteiger partial charge in [0.05, 0.1) is 35.7 Å². The molecule has 6 rings (SSSR count). The molecule has 0 aliphatic heterocycles. The molecule has 4 N–H and O–H groups in total. The summed E-state index contributed by atoms with van der Waals surface area (Å²) in [6, 6.07) is 3.29. The Hall–Kier alpha value is -4.83. The van der Waals surface area contributed by atoms with Gasteiger partial charge in [0.1, 0.15) is 16.9 Å². The molecular weight excluding hydrogens is 518 g/mol. The van der Waals surface area contributed by atoms with Crippen molar-refractivity contribution in [2.75, 3.05) is 7.11 Å². The molecule has 3 unspecified atom stereocenters. The number of hydrogen-bond acceptors (Lipinski definition) is 9. The number of aliphatic hydroxyl groups is 2. The fraction of sp³-hybridized carbons (Fsp3) is 0.233. The van der Waals surface area contributed by atoms with E-state index < -0.39 is 74.4 Å². The Morgan fingerprint density at radius 3 is 2.50 bits per heavy atom. The lowest BCUT2D eigenvalue weighted by Crippen LogP contribution is -2.43. The third kappa shape index (κ3) is 3.05. The van der Waals surface area contributed by atoms with Crippen molar-refractivity contribution in [1.29, 1.82) is 0 Å². The van der Waals surface area contributed by atoms with Gasteiger partial charge in [0, 0.05) is 22.9 Å². The Labute approximate surface area is 226 Å². The molecule has 40 heavy (non-hydrogen) atoms. The van der Waals surface area contributed by atoms with Crippen molar-refractivity contribution in [3.8, 4) is 5.75 Å². The molecule has 0 fully saturated rings. The number of allylic oxidation sites excluding steroid dienone is 6. The highest BCUT2D eigenvalue weighted by atomic mass is 16.5. The van der Waals surface area contributed by atoms with Crippen LogP contribution in [0, 0.1) is 5.92 Å². The lowest BCUT2D eigenvalue weighted by molar-refractivity contribution is -0.129. The molecule has 0 saturated heterocycles. The normalized spacial score (nSPS) is 26.0. The zero-order valence-corrected chi connectivity index (χ0v) is 21.4. The van der Waals surface area contributed by atoms with Gasteiger partial charge in [-0.3, -0.25) is 24.0 Å². The third-order valence-electron chi connectivity index (χ3n) is 8.19. The Morgan fingerprint density at radius 1 is 1.05 bits per heavy atom. The van der Waals surface area contributed by atoms with Crippen molar-refractivity contribution in [2.24, 2.45) is 5.92 Å². The number of ether oxygens (including phenoxy) is 1. The summed E-state index contributed by atoms with van der Waals surface area (Å²) in [6.45, 7) is 1.84. The number of phenolic OH excluding ortho intramolecular Hbond substituents is 1. The van der Waals surface area contributed by atoms with Gasteiger partial charge < -0.3 is 25.0 Å². The SMILES string of the molecule is C/C=C/C=C/c1cc2cc3c(c(O)c2c(=O)[nH]1)C1(CC3)C(=O)C2=C(C1=O)C(O)C1C(=O)C(OC)=CC(=O)C1=C2O. The van der Waals surface area contributed by atoms with Gasteiger partial charge in [0.15, 0.2) is 23.1 Å². The molecule has 0 radical (unpaired) electrons. The summed E-state index contributed by atoms with van der Waals surface area (Å²) in [5.74, 6) is -6.85. The van der Waals surface area contributed by atoms with Gasteiger partial charge in [0.25, 0.3) is 5.56 Å². The number of methoxy groups -OCH3 is 1. The maximum absolute atomic E-state index is 14.1. The van der Waals surface area contributed by atoms with Crippen molar-refractivity contribution in [3.63, 3.8) is 0 Å². The van der Waals surface area contributed by atoms with E-state index in [-0.39, 0.29) is 29.6 Å². The molecule has 0 bridgehead atoms. The van der Waals surface area contributed by atoms with Crippen LogP contribution in [0.25, 0.3) is 16.8 Å². The minimum absolute atomic E-state index is 0.0755. The fourth-order valence-electron chi connectivity index (χ4n) is 6.46. The van der Waals surface area contributed by atoms with Gasteiger partial charge >= 0.3 is 0 Å². The lowest BCUT2D eigenvalue weighted by Gasteiger charge is -2.31. The number of ketones is 4. The number of hydrogen-bond donors (Lipinski definition) is 4. The molecule has 4 aliphatic carbocycles. The number of pyridine rings is 1. The standard InChI is InChI=1S/C30H23NO9/c1-3-4-5-6-14-10-13-9-12-7-8-30(22(12)26(36)17(13)29(39)31-14)27(37)20-21(28(30)38)25(35)19-18(24(20)34)15(32)11-16(40-2)23(19)33/h3-6,9-11,19,25,34-36H,7-8H2,1-2H3,(H,31,39)/b4-3+,6-5+. The Bertz CT molecular complexity index is 1830. The first-order valence-corrected chi connectivity index (χ1v) is 12.6. The number of benzene rings is 1. The van der Waals surface area contributed by atoms with Crippen LogP contribution in [0.1, 0.15) is 30.2 Å². The highest BCUT2D eigenvalue weighted by Crippen LogP contribution is 2.56. The second-order valence-corrected chi connectivity index (χ2v) is 10.1. The van der Waals surface area contributed by atoms with E-state index in [1.165, 1.54) is 0 Å². The molecule has 10 nitrogen and oxygen atoms in total. The number of rotatable bonds is 3. The molecule has 3 atom stereocenters. The summed E-state index contributed by atoms with van der Waals surface area (Å²) in [4.78, 5) is 69.5. The van der Waals surface area contributed by atoms with E-state index in [4.69, 9.17) is 4.74 Å². The monoisotopic (exact) mass is 541 g/mol. The number of nitrogens with one attached hydrogen (secondary N) is 1. The second-order valence-electron chi connectivity index (χ2n) is 10.1. The van der Waals surface area contributed by atoms with Crippen molar-refractivity contribution >= 4 is 40.0 Å². The van der Waals surface area contributed by atoms with Gasteiger partial charge in [0.2, 0.25) is 5.78 Å². The summed E-state index contributed by atoms with van der Waals surface area (Å²) < 4.78 is 4.94. The number of aryl methyl sites for hydroxylation is 1.